The van der Waals surface area contributed by atoms with Crippen molar-refractivity contribution >= 4 is 17.4 Å². The predicted molar refractivity (Wildman–Crippen MR) is 92.2 cm³/mol. The number of carbonyl (C=O) groups excluding carboxylic acids is 1. The third-order valence-corrected chi connectivity index (χ3v) is 3.59. The van der Waals surface area contributed by atoms with Crippen LogP contribution in [-0.2, 0) is 4.74 Å². The third-order valence-electron chi connectivity index (χ3n) is 3.59. The van der Waals surface area contributed by atoms with E-state index in [1.807, 2.05) is 17.5 Å². The van der Waals surface area contributed by atoms with Gasteiger partial charge in [0.05, 0.1) is 19.0 Å². The summed E-state index contributed by atoms with van der Waals surface area (Å²) in [6, 6.07) is 3.43. The minimum absolute atomic E-state index is 0.157. The molecular formula is C17H21N5O2. The molecule has 0 saturated heterocycles. The van der Waals surface area contributed by atoms with Gasteiger partial charge < -0.3 is 15.0 Å². The highest BCUT2D eigenvalue weighted by Crippen LogP contribution is 2.31. The highest BCUT2D eigenvalue weighted by atomic mass is 16.5. The number of nitrogens with zero attached hydrogens (tertiary/aromatic N) is 3. The quantitative estimate of drug-likeness (QED) is 0.722. The van der Waals surface area contributed by atoms with E-state index in [1.54, 1.807) is 18.5 Å². The van der Waals surface area contributed by atoms with Gasteiger partial charge >= 0.3 is 5.97 Å². The number of nitrogens with one attached hydrogen (secondary N) is 2. The zero-order valence-electron chi connectivity index (χ0n) is 14.5. The molecule has 3 rings (SSSR count). The average Bonchev–Trinajstić information content (AvgIpc) is 3.08. The van der Waals surface area contributed by atoms with Crippen LogP contribution in [0.1, 0.15) is 36.8 Å². The fourth-order valence-electron chi connectivity index (χ4n) is 2.53. The van der Waals surface area contributed by atoms with Crippen LogP contribution in [0.5, 0.6) is 0 Å². The molecular weight excluding hydrogens is 306 g/mol. The van der Waals surface area contributed by atoms with E-state index in [-0.39, 0.29) is 11.5 Å². The molecule has 126 valence electrons. The number of aromatic amines is 1. The fraction of sp³-hybridized carbons (Fsp3) is 0.353. The van der Waals surface area contributed by atoms with Crippen molar-refractivity contribution in [3.8, 4) is 11.4 Å². The molecule has 0 radical (unpaired) electrons. The Labute approximate surface area is 140 Å². The molecule has 0 fully saturated rings. The minimum Gasteiger partial charge on any atom is -0.465 e. The number of aryl methyl sites for hydroxylation is 1. The first-order chi connectivity index (χ1) is 11.3. The van der Waals surface area contributed by atoms with Crippen LogP contribution in [0.3, 0.4) is 0 Å². The lowest BCUT2D eigenvalue weighted by molar-refractivity contribution is 0.0600. The van der Waals surface area contributed by atoms with E-state index in [4.69, 9.17) is 4.74 Å². The molecule has 0 aliphatic heterocycles. The molecule has 0 bridgehead atoms. The summed E-state index contributed by atoms with van der Waals surface area (Å²) in [5.41, 5.74) is 3.42. The van der Waals surface area contributed by atoms with Crippen LogP contribution in [0.15, 0.2) is 24.7 Å². The first-order valence-electron chi connectivity index (χ1n) is 7.69. The van der Waals surface area contributed by atoms with Gasteiger partial charge in [0.1, 0.15) is 22.9 Å². The molecule has 0 aromatic carbocycles. The van der Waals surface area contributed by atoms with Gasteiger partial charge in [-0.25, -0.2) is 14.8 Å². The van der Waals surface area contributed by atoms with Crippen molar-refractivity contribution in [1.29, 1.82) is 0 Å². The number of H-pyrrole nitrogens is 1. The van der Waals surface area contributed by atoms with Gasteiger partial charge in [-0.2, -0.15) is 0 Å². The van der Waals surface area contributed by atoms with Crippen LogP contribution in [0.4, 0.5) is 5.82 Å². The Hall–Kier alpha value is -2.83. The van der Waals surface area contributed by atoms with Gasteiger partial charge in [0.25, 0.3) is 0 Å². The van der Waals surface area contributed by atoms with Crippen molar-refractivity contribution in [3.63, 3.8) is 0 Å². The molecule has 3 aromatic heterocycles. The van der Waals surface area contributed by atoms with Crippen LogP contribution in [0, 0.1) is 6.92 Å². The largest absolute Gasteiger partial charge is 0.465 e. The second kappa shape index (κ2) is 5.67. The number of methoxy groups -OCH3 is 1. The van der Waals surface area contributed by atoms with Crippen LogP contribution in [0.25, 0.3) is 17.0 Å². The number of esters is 1. The lowest BCUT2D eigenvalue weighted by atomic mass is 10.1. The Morgan fingerprint density at radius 3 is 2.67 bits per heavy atom. The molecule has 0 unspecified atom stereocenters. The molecule has 3 aromatic rings. The summed E-state index contributed by atoms with van der Waals surface area (Å²) >= 11 is 0. The lowest BCUT2D eigenvalue weighted by Crippen LogP contribution is -2.27. The summed E-state index contributed by atoms with van der Waals surface area (Å²) in [5.74, 6) is 0.451. The number of hydrogen-bond acceptors (Lipinski definition) is 5. The summed E-state index contributed by atoms with van der Waals surface area (Å²) in [6.07, 6.45) is 3.46. The first kappa shape index (κ1) is 16.0. The minimum atomic E-state index is -0.386. The average molecular weight is 327 g/mol. The van der Waals surface area contributed by atoms with Crippen molar-refractivity contribution in [2.24, 2.45) is 0 Å². The van der Waals surface area contributed by atoms with E-state index in [0.29, 0.717) is 11.2 Å². The van der Waals surface area contributed by atoms with Crippen LogP contribution in [0.2, 0.25) is 0 Å². The zero-order valence-corrected chi connectivity index (χ0v) is 14.5. The van der Waals surface area contributed by atoms with Crippen LogP contribution in [-0.4, -0.2) is 38.0 Å². The van der Waals surface area contributed by atoms with E-state index >= 15 is 0 Å². The van der Waals surface area contributed by atoms with Crippen molar-refractivity contribution in [2.45, 2.75) is 33.2 Å². The van der Waals surface area contributed by atoms with E-state index < -0.39 is 0 Å². The second-order valence-electron chi connectivity index (χ2n) is 6.70. The van der Waals surface area contributed by atoms with Gasteiger partial charge in [-0.1, -0.05) is 0 Å². The molecule has 0 spiro atoms. The molecule has 0 atom stereocenters. The maximum absolute atomic E-state index is 11.8. The SMILES string of the molecule is COC(=O)c1ccn2c(NC(C)(C)C)c(-c3nc[nH]c3C)nc2c1. The molecule has 0 saturated carbocycles. The smallest absolute Gasteiger partial charge is 0.338 e. The monoisotopic (exact) mass is 327 g/mol. The molecule has 7 heteroatoms. The normalized spacial score (nSPS) is 11.7. The van der Waals surface area contributed by atoms with Crippen LogP contribution < -0.4 is 5.32 Å². The number of carbonyl (C=O) groups is 1. The number of imidazole rings is 2. The van der Waals surface area contributed by atoms with Gasteiger partial charge in [-0.15, -0.1) is 0 Å². The summed E-state index contributed by atoms with van der Waals surface area (Å²) < 4.78 is 6.70. The van der Waals surface area contributed by atoms with Crippen molar-refractivity contribution < 1.29 is 9.53 Å². The number of hydrogen-bond donors (Lipinski definition) is 2. The maximum Gasteiger partial charge on any atom is 0.338 e. The molecule has 7 nitrogen and oxygen atoms in total. The highest BCUT2D eigenvalue weighted by molar-refractivity contribution is 5.91. The Morgan fingerprint density at radius 2 is 2.08 bits per heavy atom. The predicted octanol–water partition coefficient (Wildman–Crippen LogP) is 3.03. The molecule has 0 aliphatic carbocycles. The van der Waals surface area contributed by atoms with Crippen molar-refractivity contribution in [2.75, 3.05) is 12.4 Å². The van der Waals surface area contributed by atoms with Gasteiger partial charge in [0.15, 0.2) is 0 Å². The Bertz CT molecular complexity index is 901. The molecule has 2 N–H and O–H groups in total. The molecule has 0 aliphatic rings. The summed E-state index contributed by atoms with van der Waals surface area (Å²) in [7, 11) is 1.36. The van der Waals surface area contributed by atoms with Crippen molar-refractivity contribution in [3.05, 3.63) is 35.9 Å². The Balaban J connectivity index is 2.23. The second-order valence-corrected chi connectivity index (χ2v) is 6.70. The van der Waals surface area contributed by atoms with Gasteiger partial charge in [0.2, 0.25) is 0 Å². The highest BCUT2D eigenvalue weighted by Gasteiger charge is 2.22. The fourth-order valence-corrected chi connectivity index (χ4v) is 2.53. The zero-order chi connectivity index (χ0) is 17.5. The van der Waals surface area contributed by atoms with E-state index in [2.05, 4.69) is 41.0 Å². The standard InChI is InChI=1S/C17H21N5O2/c1-10-13(19-9-18-10)14-15(21-17(2,3)4)22-7-6-11(16(23)24-5)8-12(22)20-14/h6-9,21H,1-5H3,(H,18,19). The molecule has 24 heavy (non-hydrogen) atoms. The summed E-state index contributed by atoms with van der Waals surface area (Å²) in [6.45, 7) is 8.19. The Morgan fingerprint density at radius 1 is 1.33 bits per heavy atom. The third kappa shape index (κ3) is 2.84. The van der Waals surface area contributed by atoms with Gasteiger partial charge in [-0.3, -0.25) is 4.40 Å². The van der Waals surface area contributed by atoms with Crippen molar-refractivity contribution in [1.82, 2.24) is 19.4 Å². The Kier molecular flexibility index (Phi) is 3.79. The molecule has 0 amide bonds. The van der Waals surface area contributed by atoms with Gasteiger partial charge in [0, 0.05) is 17.4 Å². The number of rotatable bonds is 3. The number of anilines is 1. The number of ether oxygens (including phenoxy) is 1. The number of aromatic nitrogens is 4. The van der Waals surface area contributed by atoms with E-state index in [0.717, 1.165) is 22.9 Å². The summed E-state index contributed by atoms with van der Waals surface area (Å²) in [4.78, 5) is 23.9. The number of fused-ring (bicyclic) bond motifs is 1. The van der Waals surface area contributed by atoms with Crippen LogP contribution >= 0.6 is 0 Å². The van der Waals surface area contributed by atoms with E-state index in [9.17, 15) is 4.79 Å². The maximum atomic E-state index is 11.8. The topological polar surface area (TPSA) is 84.3 Å². The lowest BCUT2D eigenvalue weighted by Gasteiger charge is -2.22. The summed E-state index contributed by atoms with van der Waals surface area (Å²) in [5, 5.41) is 3.48. The first-order valence-corrected chi connectivity index (χ1v) is 7.69. The van der Waals surface area contributed by atoms with Gasteiger partial charge in [-0.05, 0) is 39.8 Å². The van der Waals surface area contributed by atoms with E-state index in [1.165, 1.54) is 7.11 Å². The molecule has 3 heterocycles. The number of pyridine rings is 1.